The quantitative estimate of drug-likeness (QED) is 0.761. The average Bonchev–Trinajstić information content (AvgIpc) is 2.58. The molecule has 2 aromatic carbocycles. The minimum absolute atomic E-state index is 0.419. The summed E-state index contributed by atoms with van der Waals surface area (Å²) in [5.41, 5.74) is 8.37. The van der Waals surface area contributed by atoms with Gasteiger partial charge in [-0.2, -0.15) is 0 Å². The molecule has 0 radical (unpaired) electrons. The highest BCUT2D eigenvalue weighted by atomic mass is 16.5. The van der Waals surface area contributed by atoms with Crippen molar-refractivity contribution in [2.75, 3.05) is 5.73 Å². The lowest BCUT2D eigenvalue weighted by molar-refractivity contribution is 0.305. The Bertz CT molecular complexity index is 771. The molecule has 0 atom stereocenters. The first-order chi connectivity index (χ1) is 11.2. The zero-order chi connectivity index (χ0) is 16.1. The molecule has 23 heavy (non-hydrogen) atoms. The molecule has 0 aliphatic heterocycles. The minimum Gasteiger partial charge on any atom is -0.489 e. The fraction of sp³-hybridized carbons (Fsp3) is 0.105. The molecule has 4 nitrogen and oxygen atoms in total. The van der Waals surface area contributed by atoms with Gasteiger partial charge in [0.2, 0.25) is 5.88 Å². The topological polar surface area (TPSA) is 57.4 Å². The van der Waals surface area contributed by atoms with E-state index in [-0.39, 0.29) is 0 Å². The first kappa shape index (κ1) is 14.9. The van der Waals surface area contributed by atoms with Crippen LogP contribution in [-0.4, -0.2) is 4.98 Å². The standard InChI is InChI=1S/C19H18N2O2/c1-14-7-12-18(20)19(21-14)23-17-10-8-16(9-11-17)22-13-15-5-3-2-4-6-15/h2-12H,13,20H2,1H3. The van der Waals surface area contributed by atoms with E-state index in [9.17, 15) is 0 Å². The number of hydrogen-bond acceptors (Lipinski definition) is 4. The Hall–Kier alpha value is -3.01. The number of nitrogens with zero attached hydrogens (tertiary/aromatic N) is 1. The monoisotopic (exact) mass is 306 g/mol. The Morgan fingerprint density at radius 3 is 2.30 bits per heavy atom. The summed E-state index contributed by atoms with van der Waals surface area (Å²) in [7, 11) is 0. The maximum Gasteiger partial charge on any atom is 0.242 e. The van der Waals surface area contributed by atoms with E-state index in [0.29, 0.717) is 23.9 Å². The third-order valence-electron chi connectivity index (χ3n) is 3.32. The van der Waals surface area contributed by atoms with E-state index in [1.807, 2.05) is 67.6 Å². The summed E-state index contributed by atoms with van der Waals surface area (Å²) < 4.78 is 11.5. The molecule has 0 aliphatic carbocycles. The summed E-state index contributed by atoms with van der Waals surface area (Å²) in [6.45, 7) is 2.43. The molecule has 0 unspecified atom stereocenters. The van der Waals surface area contributed by atoms with Crippen LogP contribution in [0.3, 0.4) is 0 Å². The fourth-order valence-electron chi connectivity index (χ4n) is 2.08. The van der Waals surface area contributed by atoms with Crippen LogP contribution < -0.4 is 15.2 Å². The lowest BCUT2D eigenvalue weighted by Crippen LogP contribution is -1.97. The highest BCUT2D eigenvalue weighted by molar-refractivity contribution is 5.50. The Morgan fingerprint density at radius 1 is 0.870 bits per heavy atom. The molecule has 0 bridgehead atoms. The van der Waals surface area contributed by atoms with Gasteiger partial charge < -0.3 is 15.2 Å². The zero-order valence-electron chi connectivity index (χ0n) is 12.9. The number of pyridine rings is 1. The molecule has 1 aromatic heterocycles. The SMILES string of the molecule is Cc1ccc(N)c(Oc2ccc(OCc3ccccc3)cc2)n1. The molecule has 0 spiro atoms. The van der Waals surface area contributed by atoms with Gasteiger partial charge in [0.05, 0.1) is 5.69 Å². The van der Waals surface area contributed by atoms with Crippen molar-refractivity contribution in [2.24, 2.45) is 0 Å². The fourth-order valence-corrected chi connectivity index (χ4v) is 2.08. The van der Waals surface area contributed by atoms with Crippen molar-refractivity contribution in [1.29, 1.82) is 0 Å². The molecule has 116 valence electrons. The molecule has 0 fully saturated rings. The lowest BCUT2D eigenvalue weighted by atomic mass is 10.2. The third-order valence-corrected chi connectivity index (χ3v) is 3.32. The van der Waals surface area contributed by atoms with Gasteiger partial charge in [-0.3, -0.25) is 0 Å². The van der Waals surface area contributed by atoms with Gasteiger partial charge >= 0.3 is 0 Å². The van der Waals surface area contributed by atoms with Crippen LogP contribution in [-0.2, 0) is 6.61 Å². The second kappa shape index (κ2) is 6.83. The van der Waals surface area contributed by atoms with E-state index in [0.717, 1.165) is 17.0 Å². The molecule has 2 N–H and O–H groups in total. The maximum atomic E-state index is 5.87. The molecule has 3 rings (SSSR count). The van der Waals surface area contributed by atoms with Gasteiger partial charge in [0.1, 0.15) is 18.1 Å². The van der Waals surface area contributed by atoms with Gasteiger partial charge in [-0.1, -0.05) is 30.3 Å². The van der Waals surface area contributed by atoms with Crippen LogP contribution in [0.1, 0.15) is 11.3 Å². The third kappa shape index (κ3) is 4.01. The van der Waals surface area contributed by atoms with Crippen LogP contribution in [0, 0.1) is 6.92 Å². The first-order valence-electron chi connectivity index (χ1n) is 7.38. The van der Waals surface area contributed by atoms with Crippen LogP contribution in [0.25, 0.3) is 0 Å². The minimum atomic E-state index is 0.419. The number of nitrogen functional groups attached to an aromatic ring is 1. The Morgan fingerprint density at radius 2 is 1.57 bits per heavy atom. The van der Waals surface area contributed by atoms with Crippen LogP contribution >= 0.6 is 0 Å². The van der Waals surface area contributed by atoms with Crippen LogP contribution in [0.2, 0.25) is 0 Å². The second-order valence-corrected chi connectivity index (χ2v) is 5.19. The number of anilines is 1. The molecule has 1 heterocycles. The number of nitrogens with two attached hydrogens (primary N) is 1. The largest absolute Gasteiger partial charge is 0.489 e. The average molecular weight is 306 g/mol. The molecule has 4 heteroatoms. The van der Waals surface area contributed by atoms with E-state index >= 15 is 0 Å². The normalized spacial score (nSPS) is 10.3. The van der Waals surface area contributed by atoms with Crippen molar-refractivity contribution >= 4 is 5.69 Å². The Labute approximate surface area is 135 Å². The van der Waals surface area contributed by atoms with Crippen LogP contribution in [0.4, 0.5) is 5.69 Å². The van der Waals surface area contributed by atoms with E-state index in [1.54, 1.807) is 6.07 Å². The van der Waals surface area contributed by atoms with E-state index in [2.05, 4.69) is 4.98 Å². The first-order valence-corrected chi connectivity index (χ1v) is 7.38. The molecule has 0 saturated heterocycles. The molecule has 0 saturated carbocycles. The van der Waals surface area contributed by atoms with Gasteiger partial charge in [0.15, 0.2) is 0 Å². The summed E-state index contributed by atoms with van der Waals surface area (Å²) in [6, 6.07) is 21.1. The molecule has 3 aromatic rings. The van der Waals surface area contributed by atoms with Crippen molar-refractivity contribution < 1.29 is 9.47 Å². The van der Waals surface area contributed by atoms with Crippen molar-refractivity contribution in [3.05, 3.63) is 78.0 Å². The maximum absolute atomic E-state index is 5.87. The summed E-state index contributed by atoms with van der Waals surface area (Å²) in [6.07, 6.45) is 0. The van der Waals surface area contributed by atoms with Gasteiger partial charge in [-0.25, -0.2) is 4.98 Å². The Kier molecular flexibility index (Phi) is 4.43. The smallest absolute Gasteiger partial charge is 0.242 e. The van der Waals surface area contributed by atoms with Gasteiger partial charge in [-0.05, 0) is 48.9 Å². The molecule has 0 amide bonds. The summed E-state index contributed by atoms with van der Waals surface area (Å²) in [5.74, 6) is 1.87. The number of rotatable bonds is 5. The van der Waals surface area contributed by atoms with Crippen LogP contribution in [0.5, 0.6) is 17.4 Å². The van der Waals surface area contributed by atoms with E-state index < -0.39 is 0 Å². The van der Waals surface area contributed by atoms with Gasteiger partial charge in [0, 0.05) is 5.69 Å². The zero-order valence-corrected chi connectivity index (χ0v) is 12.9. The summed E-state index contributed by atoms with van der Waals surface area (Å²) in [5, 5.41) is 0. The predicted molar refractivity (Wildman–Crippen MR) is 90.7 cm³/mol. The van der Waals surface area contributed by atoms with Gasteiger partial charge in [-0.15, -0.1) is 0 Å². The number of aromatic nitrogens is 1. The summed E-state index contributed by atoms with van der Waals surface area (Å²) >= 11 is 0. The van der Waals surface area contributed by atoms with Crippen molar-refractivity contribution in [3.63, 3.8) is 0 Å². The number of benzene rings is 2. The highest BCUT2D eigenvalue weighted by Crippen LogP contribution is 2.27. The molecular weight excluding hydrogens is 288 g/mol. The van der Waals surface area contributed by atoms with Crippen LogP contribution in [0.15, 0.2) is 66.7 Å². The van der Waals surface area contributed by atoms with Crippen molar-refractivity contribution in [3.8, 4) is 17.4 Å². The highest BCUT2D eigenvalue weighted by Gasteiger charge is 2.05. The summed E-state index contributed by atoms with van der Waals surface area (Å²) in [4.78, 5) is 4.29. The van der Waals surface area contributed by atoms with Crippen molar-refractivity contribution in [1.82, 2.24) is 4.98 Å². The number of hydrogen-bond donors (Lipinski definition) is 1. The Balaban J connectivity index is 1.64. The van der Waals surface area contributed by atoms with E-state index in [1.165, 1.54) is 0 Å². The molecular formula is C19H18N2O2. The van der Waals surface area contributed by atoms with Gasteiger partial charge in [0.25, 0.3) is 0 Å². The lowest BCUT2D eigenvalue weighted by Gasteiger charge is -2.10. The second-order valence-electron chi connectivity index (χ2n) is 5.19. The van der Waals surface area contributed by atoms with Crippen molar-refractivity contribution in [2.45, 2.75) is 13.5 Å². The predicted octanol–water partition coefficient (Wildman–Crippen LogP) is 4.34. The van der Waals surface area contributed by atoms with E-state index in [4.69, 9.17) is 15.2 Å². The molecule has 0 aliphatic rings. The number of ether oxygens (including phenoxy) is 2. The number of aryl methyl sites for hydroxylation is 1.